The summed E-state index contributed by atoms with van der Waals surface area (Å²) >= 11 is 0. The van der Waals surface area contributed by atoms with Crippen molar-refractivity contribution in [3.05, 3.63) is 36.1 Å². The third kappa shape index (κ3) is 5.10. The highest BCUT2D eigenvalue weighted by molar-refractivity contribution is 6.10. The fourth-order valence-electron chi connectivity index (χ4n) is 3.61. The zero-order valence-corrected chi connectivity index (χ0v) is 20.3. The van der Waals surface area contributed by atoms with E-state index >= 15 is 0 Å². The lowest BCUT2D eigenvalue weighted by Gasteiger charge is -2.16. The van der Waals surface area contributed by atoms with Crippen LogP contribution in [0.15, 0.2) is 35.5 Å². The quantitative estimate of drug-likeness (QED) is 0.119. The second-order valence-corrected chi connectivity index (χ2v) is 7.86. The molecule has 38 heavy (non-hydrogen) atoms. The number of hydrogen-bond donors (Lipinski definition) is 4. The average molecular weight is 531 g/mol. The number of aromatic nitrogens is 6. The van der Waals surface area contributed by atoms with Gasteiger partial charge in [-0.3, -0.25) is 4.57 Å². The van der Waals surface area contributed by atoms with Crippen molar-refractivity contribution in [2.24, 2.45) is 4.99 Å². The molecule has 0 aromatic carbocycles. The summed E-state index contributed by atoms with van der Waals surface area (Å²) in [5.41, 5.74) is 0.0367. The van der Waals surface area contributed by atoms with Gasteiger partial charge in [-0.05, 0) is 13.8 Å². The normalized spacial score (nSPS) is 21.9. The number of rotatable bonds is 9. The standard InChI is InChI=1S/C22H25N7O9/c1-3-36-20(34)11-6-25-29(7-11)22-26-17(23-5-12(8-30)21(35)37-4-2)14-18(27-22)28(10-24-14)19-16(33)15(32)13(9-31)38-19/h5-8,10,13,15-16,19,30-33H,3-4,9H2,1-2H3/b12-8-,23-5+/t13?,15-,16-,19-/m1/s1. The second kappa shape index (κ2) is 11.4. The number of imidazole rings is 1. The zero-order valence-electron chi connectivity index (χ0n) is 20.3. The second-order valence-electron chi connectivity index (χ2n) is 7.86. The minimum atomic E-state index is -1.43. The number of fused-ring (bicyclic) bond motifs is 1. The molecule has 1 saturated heterocycles. The maximum atomic E-state index is 12.1. The maximum Gasteiger partial charge on any atom is 0.342 e. The number of carbonyl (C=O) groups excluding carboxylic acids is 2. The largest absolute Gasteiger partial charge is 0.515 e. The van der Waals surface area contributed by atoms with Crippen molar-refractivity contribution in [2.45, 2.75) is 38.4 Å². The summed E-state index contributed by atoms with van der Waals surface area (Å²) in [6.07, 6.45) is 0.369. The van der Waals surface area contributed by atoms with Crippen LogP contribution in [0.3, 0.4) is 0 Å². The molecule has 202 valence electrons. The molecular weight excluding hydrogens is 506 g/mol. The van der Waals surface area contributed by atoms with E-state index in [1.54, 1.807) is 13.8 Å². The summed E-state index contributed by atoms with van der Waals surface area (Å²) in [6.45, 7) is 2.96. The van der Waals surface area contributed by atoms with Gasteiger partial charge in [0.1, 0.15) is 23.9 Å². The van der Waals surface area contributed by atoms with Crippen LogP contribution in [0, 0.1) is 0 Å². The van der Waals surface area contributed by atoms with Crippen molar-refractivity contribution in [3.63, 3.8) is 0 Å². The Morgan fingerprint density at radius 1 is 1.18 bits per heavy atom. The first kappa shape index (κ1) is 26.8. The fraction of sp³-hybridized carbons (Fsp3) is 0.409. The topological polar surface area (TPSA) is 217 Å². The van der Waals surface area contributed by atoms with E-state index in [2.05, 4.69) is 25.0 Å². The Bertz CT molecular complexity index is 1380. The predicted octanol–water partition coefficient (Wildman–Crippen LogP) is -0.492. The lowest BCUT2D eigenvalue weighted by molar-refractivity contribution is -0.137. The maximum absolute atomic E-state index is 12.1. The van der Waals surface area contributed by atoms with Crippen LogP contribution in [0.5, 0.6) is 0 Å². The Kier molecular flexibility index (Phi) is 8.06. The van der Waals surface area contributed by atoms with Crippen molar-refractivity contribution >= 4 is 35.1 Å². The molecular formula is C22H25N7O9. The molecule has 4 heterocycles. The molecule has 1 aliphatic rings. The third-order valence-corrected chi connectivity index (χ3v) is 5.46. The fourth-order valence-corrected chi connectivity index (χ4v) is 3.61. The molecule has 1 unspecified atom stereocenters. The molecule has 16 heteroatoms. The molecule has 1 fully saturated rings. The monoisotopic (exact) mass is 531 g/mol. The molecule has 0 spiro atoms. The molecule has 0 radical (unpaired) electrons. The van der Waals surface area contributed by atoms with Gasteiger partial charge in [-0.25, -0.2) is 24.2 Å². The van der Waals surface area contributed by atoms with Crippen LogP contribution in [-0.4, -0.2) is 106 Å². The van der Waals surface area contributed by atoms with Gasteiger partial charge >= 0.3 is 11.9 Å². The van der Waals surface area contributed by atoms with Crippen LogP contribution in [0.25, 0.3) is 17.1 Å². The van der Waals surface area contributed by atoms with E-state index in [-0.39, 0.29) is 47.3 Å². The van der Waals surface area contributed by atoms with Crippen LogP contribution < -0.4 is 0 Å². The van der Waals surface area contributed by atoms with Crippen molar-refractivity contribution in [1.29, 1.82) is 0 Å². The molecule has 0 aliphatic carbocycles. The van der Waals surface area contributed by atoms with Crippen molar-refractivity contribution in [2.75, 3.05) is 19.8 Å². The van der Waals surface area contributed by atoms with Gasteiger partial charge in [0.25, 0.3) is 5.95 Å². The van der Waals surface area contributed by atoms with Crippen molar-refractivity contribution in [1.82, 2.24) is 29.3 Å². The SMILES string of the molecule is CCOC(=O)C(=C\O)/C=N/c1nc(-n2cc(C(=O)OCC)cn2)nc2c1ncn2[C@@H]1OC(CO)[C@@H](O)[C@H]1O. The Balaban J connectivity index is 1.82. The van der Waals surface area contributed by atoms with Crippen molar-refractivity contribution < 1.29 is 44.2 Å². The van der Waals surface area contributed by atoms with E-state index in [9.17, 15) is 30.0 Å². The first-order valence-corrected chi connectivity index (χ1v) is 11.5. The van der Waals surface area contributed by atoms with Gasteiger partial charge in [-0.2, -0.15) is 15.1 Å². The molecule has 4 rings (SSSR count). The third-order valence-electron chi connectivity index (χ3n) is 5.46. The molecule has 0 bridgehead atoms. The zero-order chi connectivity index (χ0) is 27.4. The average Bonchev–Trinajstić information content (AvgIpc) is 3.63. The number of nitrogens with zero attached hydrogens (tertiary/aromatic N) is 7. The highest BCUT2D eigenvalue weighted by Crippen LogP contribution is 2.33. The molecule has 16 nitrogen and oxygen atoms in total. The van der Waals surface area contributed by atoms with Crippen LogP contribution in [0.2, 0.25) is 0 Å². The predicted molar refractivity (Wildman–Crippen MR) is 127 cm³/mol. The van der Waals surface area contributed by atoms with Crippen LogP contribution in [-0.2, 0) is 19.0 Å². The summed E-state index contributed by atoms with van der Waals surface area (Å²) < 4.78 is 17.9. The number of carbonyl (C=O) groups is 2. The number of ether oxygens (including phenoxy) is 3. The van der Waals surface area contributed by atoms with Gasteiger partial charge in [0.15, 0.2) is 23.2 Å². The first-order chi connectivity index (χ1) is 18.3. The van der Waals surface area contributed by atoms with Gasteiger partial charge in [-0.1, -0.05) is 0 Å². The van der Waals surface area contributed by atoms with Gasteiger partial charge in [0.2, 0.25) is 0 Å². The highest BCUT2D eigenvalue weighted by atomic mass is 16.6. The number of aliphatic imine (C=N–C) groups is 1. The minimum Gasteiger partial charge on any atom is -0.515 e. The lowest BCUT2D eigenvalue weighted by Crippen LogP contribution is -2.33. The Morgan fingerprint density at radius 2 is 1.95 bits per heavy atom. The summed E-state index contributed by atoms with van der Waals surface area (Å²) in [7, 11) is 0. The van der Waals surface area contributed by atoms with E-state index in [0.29, 0.717) is 6.26 Å². The molecule has 3 aromatic heterocycles. The number of aliphatic hydroxyl groups excluding tert-OH is 4. The van der Waals surface area contributed by atoms with E-state index in [4.69, 9.17) is 14.2 Å². The molecule has 1 aliphatic heterocycles. The Labute approximate surface area is 214 Å². The molecule has 4 N–H and O–H groups in total. The summed E-state index contributed by atoms with van der Waals surface area (Å²) in [5.74, 6) is -1.60. The lowest BCUT2D eigenvalue weighted by atomic mass is 10.1. The highest BCUT2D eigenvalue weighted by Gasteiger charge is 2.44. The van der Waals surface area contributed by atoms with Gasteiger partial charge < -0.3 is 34.6 Å². The van der Waals surface area contributed by atoms with E-state index in [1.807, 2.05) is 0 Å². The van der Waals surface area contributed by atoms with E-state index < -0.39 is 43.1 Å². The van der Waals surface area contributed by atoms with Crippen LogP contribution >= 0.6 is 0 Å². The van der Waals surface area contributed by atoms with Gasteiger partial charge in [0, 0.05) is 12.4 Å². The minimum absolute atomic E-state index is 0.0722. The van der Waals surface area contributed by atoms with Gasteiger partial charge in [-0.15, -0.1) is 0 Å². The van der Waals surface area contributed by atoms with E-state index in [0.717, 1.165) is 6.21 Å². The number of aliphatic hydroxyl groups is 4. The number of hydrogen-bond acceptors (Lipinski definition) is 14. The van der Waals surface area contributed by atoms with Crippen LogP contribution in [0.4, 0.5) is 5.82 Å². The first-order valence-electron chi connectivity index (χ1n) is 11.5. The van der Waals surface area contributed by atoms with Crippen molar-refractivity contribution in [3.8, 4) is 5.95 Å². The molecule has 0 saturated carbocycles. The summed E-state index contributed by atoms with van der Waals surface area (Å²) in [6, 6.07) is 0. The summed E-state index contributed by atoms with van der Waals surface area (Å²) in [4.78, 5) is 41.3. The summed E-state index contributed by atoms with van der Waals surface area (Å²) in [5, 5.41) is 43.7. The molecule has 3 aromatic rings. The van der Waals surface area contributed by atoms with Gasteiger partial charge in [0.05, 0.1) is 44.2 Å². The van der Waals surface area contributed by atoms with Crippen LogP contribution in [0.1, 0.15) is 30.4 Å². The molecule has 4 atom stereocenters. The molecule has 0 amide bonds. The Morgan fingerprint density at radius 3 is 2.61 bits per heavy atom. The van der Waals surface area contributed by atoms with E-state index in [1.165, 1.54) is 28.0 Å². The Hall–Kier alpha value is -4.25. The smallest absolute Gasteiger partial charge is 0.342 e. The number of esters is 2.